The molecule has 0 radical (unpaired) electrons. The summed E-state index contributed by atoms with van der Waals surface area (Å²) in [6.45, 7) is 3.02. The van der Waals surface area contributed by atoms with Gasteiger partial charge in [-0.15, -0.1) is 0 Å². The van der Waals surface area contributed by atoms with E-state index < -0.39 is 0 Å². The second-order valence-electron chi connectivity index (χ2n) is 6.83. The molecule has 0 spiro atoms. The first-order valence-electron chi connectivity index (χ1n) is 9.63. The first-order chi connectivity index (χ1) is 13.7. The third-order valence-electron chi connectivity index (χ3n) is 4.97. The third kappa shape index (κ3) is 5.49. The molecule has 2 aromatic carbocycles. The third-order valence-corrected chi connectivity index (χ3v) is 4.97. The van der Waals surface area contributed by atoms with Gasteiger partial charge in [-0.25, -0.2) is 0 Å². The second kappa shape index (κ2) is 9.78. The predicted octanol–water partition coefficient (Wildman–Crippen LogP) is 2.09. The van der Waals surface area contributed by atoms with Gasteiger partial charge >= 0.3 is 0 Å². The zero-order valence-electron chi connectivity index (χ0n) is 16.3. The highest BCUT2D eigenvalue weighted by atomic mass is 16.5. The Morgan fingerprint density at radius 3 is 2.46 bits per heavy atom. The van der Waals surface area contributed by atoms with Gasteiger partial charge in [-0.2, -0.15) is 0 Å². The molecule has 6 nitrogen and oxygen atoms in total. The summed E-state index contributed by atoms with van der Waals surface area (Å²) in [6.07, 6.45) is 0.967. The average Bonchev–Trinajstić information content (AvgIpc) is 2.77. The van der Waals surface area contributed by atoms with E-state index in [0.29, 0.717) is 25.9 Å². The lowest BCUT2D eigenvalue weighted by Gasteiger charge is -2.36. The summed E-state index contributed by atoms with van der Waals surface area (Å²) in [5.74, 6) is 0.643. The van der Waals surface area contributed by atoms with Gasteiger partial charge in [-0.1, -0.05) is 30.3 Å². The highest BCUT2D eigenvalue weighted by Crippen LogP contribution is 2.16. The van der Waals surface area contributed by atoms with Crippen LogP contribution in [-0.2, 0) is 16.0 Å². The van der Waals surface area contributed by atoms with Crippen LogP contribution in [-0.4, -0.2) is 56.5 Å². The quantitative estimate of drug-likeness (QED) is 0.798. The van der Waals surface area contributed by atoms with Crippen molar-refractivity contribution in [2.45, 2.75) is 12.8 Å². The molecule has 2 aromatic rings. The molecule has 1 heterocycles. The van der Waals surface area contributed by atoms with Crippen LogP contribution in [0.5, 0.6) is 5.75 Å². The Kier molecular flexibility index (Phi) is 6.89. The lowest BCUT2D eigenvalue weighted by atomic mass is 10.1. The molecule has 0 saturated carbocycles. The summed E-state index contributed by atoms with van der Waals surface area (Å²) in [6, 6.07) is 17.9. The maximum absolute atomic E-state index is 12.4. The average molecular weight is 381 g/mol. The van der Waals surface area contributed by atoms with Crippen LogP contribution in [0.25, 0.3) is 0 Å². The van der Waals surface area contributed by atoms with Crippen LogP contribution in [0.4, 0.5) is 5.69 Å². The SMILES string of the molecule is COc1cccc(CCC(=O)NCC(=O)N2CCN(c3ccccc3)CC2)c1. The summed E-state index contributed by atoms with van der Waals surface area (Å²) < 4.78 is 5.19. The number of methoxy groups -OCH3 is 1. The number of carbonyl (C=O) groups is 2. The maximum Gasteiger partial charge on any atom is 0.242 e. The van der Waals surface area contributed by atoms with E-state index in [-0.39, 0.29) is 18.4 Å². The van der Waals surface area contributed by atoms with Crippen molar-refractivity contribution in [3.63, 3.8) is 0 Å². The van der Waals surface area contributed by atoms with Crippen LogP contribution in [0, 0.1) is 0 Å². The van der Waals surface area contributed by atoms with Crippen molar-refractivity contribution in [2.24, 2.45) is 0 Å². The molecule has 6 heteroatoms. The van der Waals surface area contributed by atoms with Gasteiger partial charge in [0.1, 0.15) is 5.75 Å². The molecule has 1 saturated heterocycles. The Bertz CT molecular complexity index is 787. The lowest BCUT2D eigenvalue weighted by Crippen LogP contribution is -2.51. The number of nitrogens with zero attached hydrogens (tertiary/aromatic N) is 2. The molecule has 1 aliphatic heterocycles. The summed E-state index contributed by atoms with van der Waals surface area (Å²) >= 11 is 0. The highest BCUT2D eigenvalue weighted by molar-refractivity contribution is 5.85. The summed E-state index contributed by atoms with van der Waals surface area (Å²) in [7, 11) is 1.62. The standard InChI is InChI=1S/C22H27N3O3/c1-28-20-9-5-6-18(16-20)10-11-21(26)23-17-22(27)25-14-12-24(13-15-25)19-7-3-2-4-8-19/h2-9,16H,10-15,17H2,1H3,(H,23,26). The van der Waals surface area contributed by atoms with Crippen LogP contribution in [0.3, 0.4) is 0 Å². The molecule has 0 bridgehead atoms. The van der Waals surface area contributed by atoms with Crippen molar-refractivity contribution in [3.8, 4) is 5.75 Å². The number of ether oxygens (including phenoxy) is 1. The summed E-state index contributed by atoms with van der Waals surface area (Å²) in [4.78, 5) is 28.5. The van der Waals surface area contributed by atoms with Crippen molar-refractivity contribution in [1.82, 2.24) is 10.2 Å². The Morgan fingerprint density at radius 1 is 1.00 bits per heavy atom. The van der Waals surface area contributed by atoms with Gasteiger partial charge in [0.15, 0.2) is 0 Å². The molecule has 0 unspecified atom stereocenters. The van der Waals surface area contributed by atoms with Gasteiger partial charge in [0.05, 0.1) is 13.7 Å². The fourth-order valence-corrected chi connectivity index (χ4v) is 3.31. The number of anilines is 1. The van der Waals surface area contributed by atoms with Gasteiger partial charge in [0, 0.05) is 38.3 Å². The van der Waals surface area contributed by atoms with E-state index in [1.54, 1.807) is 7.11 Å². The summed E-state index contributed by atoms with van der Waals surface area (Å²) in [5.41, 5.74) is 2.22. The first kappa shape index (κ1) is 19.7. The number of para-hydroxylation sites is 1. The Balaban J connectivity index is 1.37. The topological polar surface area (TPSA) is 61.9 Å². The van der Waals surface area contributed by atoms with Crippen molar-refractivity contribution in [3.05, 3.63) is 60.2 Å². The Labute approximate surface area is 166 Å². The molecule has 1 N–H and O–H groups in total. The fraction of sp³-hybridized carbons (Fsp3) is 0.364. The number of amides is 2. The monoisotopic (exact) mass is 381 g/mol. The smallest absolute Gasteiger partial charge is 0.242 e. The fourth-order valence-electron chi connectivity index (χ4n) is 3.31. The number of benzene rings is 2. The number of hydrogen-bond donors (Lipinski definition) is 1. The lowest BCUT2D eigenvalue weighted by molar-refractivity contribution is -0.133. The molecule has 0 aliphatic carbocycles. The normalized spacial score (nSPS) is 13.9. The number of nitrogens with one attached hydrogen (secondary N) is 1. The molecule has 2 amide bonds. The predicted molar refractivity (Wildman–Crippen MR) is 110 cm³/mol. The summed E-state index contributed by atoms with van der Waals surface area (Å²) in [5, 5.41) is 2.75. The number of aryl methyl sites for hydroxylation is 1. The second-order valence-corrected chi connectivity index (χ2v) is 6.83. The van der Waals surface area contributed by atoms with Gasteiger partial charge in [0.25, 0.3) is 0 Å². The number of piperazine rings is 1. The molecule has 3 rings (SSSR count). The highest BCUT2D eigenvalue weighted by Gasteiger charge is 2.21. The van der Waals surface area contributed by atoms with E-state index in [2.05, 4.69) is 22.3 Å². The molecule has 0 atom stereocenters. The maximum atomic E-state index is 12.4. The number of hydrogen-bond acceptors (Lipinski definition) is 4. The minimum atomic E-state index is -0.112. The Morgan fingerprint density at radius 2 is 1.75 bits per heavy atom. The molecular formula is C22H27N3O3. The van der Waals surface area contributed by atoms with E-state index in [4.69, 9.17) is 4.74 Å². The van der Waals surface area contributed by atoms with Crippen molar-refractivity contribution in [1.29, 1.82) is 0 Å². The van der Waals surface area contributed by atoms with E-state index >= 15 is 0 Å². The number of rotatable bonds is 7. The van der Waals surface area contributed by atoms with Crippen molar-refractivity contribution >= 4 is 17.5 Å². The van der Waals surface area contributed by atoms with E-state index in [1.165, 1.54) is 5.69 Å². The minimum Gasteiger partial charge on any atom is -0.497 e. The molecule has 28 heavy (non-hydrogen) atoms. The zero-order chi connectivity index (χ0) is 19.8. The minimum absolute atomic E-state index is 0.0255. The number of carbonyl (C=O) groups excluding carboxylic acids is 2. The van der Waals surface area contributed by atoms with Crippen molar-refractivity contribution < 1.29 is 14.3 Å². The van der Waals surface area contributed by atoms with Crippen LogP contribution in [0.1, 0.15) is 12.0 Å². The molecular weight excluding hydrogens is 354 g/mol. The molecule has 148 valence electrons. The van der Waals surface area contributed by atoms with Crippen LogP contribution >= 0.6 is 0 Å². The zero-order valence-corrected chi connectivity index (χ0v) is 16.3. The van der Waals surface area contributed by atoms with Crippen LogP contribution in [0.2, 0.25) is 0 Å². The molecule has 0 aromatic heterocycles. The van der Waals surface area contributed by atoms with E-state index in [0.717, 1.165) is 24.4 Å². The van der Waals surface area contributed by atoms with E-state index in [1.807, 2.05) is 47.4 Å². The Hall–Kier alpha value is -3.02. The van der Waals surface area contributed by atoms with Gasteiger partial charge < -0.3 is 19.9 Å². The largest absolute Gasteiger partial charge is 0.497 e. The first-order valence-corrected chi connectivity index (χ1v) is 9.63. The van der Waals surface area contributed by atoms with Crippen LogP contribution in [0.15, 0.2) is 54.6 Å². The van der Waals surface area contributed by atoms with Crippen LogP contribution < -0.4 is 15.0 Å². The van der Waals surface area contributed by atoms with E-state index in [9.17, 15) is 9.59 Å². The van der Waals surface area contributed by atoms with Gasteiger partial charge in [-0.05, 0) is 36.2 Å². The van der Waals surface area contributed by atoms with Gasteiger partial charge in [0.2, 0.25) is 11.8 Å². The molecule has 1 aliphatic rings. The van der Waals surface area contributed by atoms with Crippen molar-refractivity contribution in [2.75, 3.05) is 44.7 Å². The molecule has 1 fully saturated rings. The van der Waals surface area contributed by atoms with Gasteiger partial charge in [-0.3, -0.25) is 9.59 Å².